The number of aromatic nitrogens is 1. The molecule has 1 aliphatic heterocycles. The molecule has 3 aromatic rings. The Morgan fingerprint density at radius 1 is 1.16 bits per heavy atom. The third kappa shape index (κ3) is 3.62. The third-order valence-electron chi connectivity index (χ3n) is 5.29. The number of amides is 2. The van der Waals surface area contributed by atoms with Gasteiger partial charge in [0.25, 0.3) is 11.8 Å². The zero-order chi connectivity index (χ0) is 22.3. The molecule has 1 aromatic heterocycles. The van der Waals surface area contributed by atoms with Crippen molar-refractivity contribution in [2.45, 2.75) is 19.9 Å². The lowest BCUT2D eigenvalue weighted by Crippen LogP contribution is -2.54. The summed E-state index contributed by atoms with van der Waals surface area (Å²) in [5.41, 5.74) is 2.82. The van der Waals surface area contributed by atoms with Crippen LogP contribution in [0.2, 0.25) is 0 Å². The molecule has 1 atom stereocenters. The van der Waals surface area contributed by atoms with Gasteiger partial charge in [0.1, 0.15) is 11.6 Å². The molecule has 1 fully saturated rings. The minimum Gasteiger partial charge on any atom is -0.480 e. The monoisotopic (exact) mass is 433 g/mol. The lowest BCUT2D eigenvalue weighted by atomic mass is 10.0. The van der Waals surface area contributed by atoms with Crippen molar-refractivity contribution in [1.82, 2.24) is 9.88 Å². The number of hydrogen-bond acceptors (Lipinski definition) is 4. The molecule has 31 heavy (non-hydrogen) atoms. The van der Waals surface area contributed by atoms with Crippen LogP contribution in [0, 0.1) is 6.92 Å². The van der Waals surface area contributed by atoms with E-state index in [1.54, 1.807) is 54.1 Å². The number of para-hydroxylation sites is 1. The Bertz CT molecular complexity index is 1290. The average Bonchev–Trinajstić information content (AvgIpc) is 3.15. The highest BCUT2D eigenvalue weighted by Gasteiger charge is 2.35. The molecule has 8 heteroatoms. The second-order valence-electron chi connectivity index (χ2n) is 7.30. The highest BCUT2D eigenvalue weighted by molar-refractivity contribution is 7.80. The summed E-state index contributed by atoms with van der Waals surface area (Å²) in [7, 11) is 0. The number of nitrogens with one attached hydrogen (secondary N) is 1. The van der Waals surface area contributed by atoms with Gasteiger partial charge in [0.15, 0.2) is 5.11 Å². The van der Waals surface area contributed by atoms with Crippen LogP contribution in [-0.2, 0) is 14.4 Å². The lowest BCUT2D eigenvalue weighted by Gasteiger charge is -2.30. The maximum Gasteiger partial charge on any atom is 0.326 e. The summed E-state index contributed by atoms with van der Waals surface area (Å²) in [5.74, 6) is -1.99. The zero-order valence-electron chi connectivity index (χ0n) is 16.8. The molecule has 2 amide bonds. The number of aryl methyl sites for hydroxylation is 1. The van der Waals surface area contributed by atoms with Gasteiger partial charge in [0, 0.05) is 17.1 Å². The maximum absolute atomic E-state index is 13.2. The van der Waals surface area contributed by atoms with Gasteiger partial charge in [-0.2, -0.15) is 0 Å². The molecular formula is C23H19N3O4S. The number of fused-ring (bicyclic) bond motifs is 1. The molecule has 0 spiro atoms. The van der Waals surface area contributed by atoms with Gasteiger partial charge in [-0.25, -0.2) is 4.79 Å². The molecule has 0 aliphatic carbocycles. The van der Waals surface area contributed by atoms with Crippen molar-refractivity contribution in [2.75, 3.05) is 4.90 Å². The number of carbonyl (C=O) groups excluding carboxylic acids is 2. The molecular weight excluding hydrogens is 414 g/mol. The van der Waals surface area contributed by atoms with Gasteiger partial charge in [-0.15, -0.1) is 0 Å². The van der Waals surface area contributed by atoms with Crippen LogP contribution in [0.4, 0.5) is 5.69 Å². The number of aliphatic carboxylic acids is 1. The molecule has 7 nitrogen and oxygen atoms in total. The van der Waals surface area contributed by atoms with Crippen LogP contribution >= 0.6 is 12.2 Å². The summed E-state index contributed by atoms with van der Waals surface area (Å²) in [6.07, 6.45) is 3.22. The van der Waals surface area contributed by atoms with E-state index in [0.29, 0.717) is 11.3 Å². The Morgan fingerprint density at radius 3 is 2.61 bits per heavy atom. The Hall–Kier alpha value is -3.78. The van der Waals surface area contributed by atoms with Crippen LogP contribution in [0.25, 0.3) is 17.0 Å². The van der Waals surface area contributed by atoms with E-state index >= 15 is 0 Å². The first-order chi connectivity index (χ1) is 14.8. The Morgan fingerprint density at radius 2 is 1.90 bits per heavy atom. The van der Waals surface area contributed by atoms with E-state index in [1.807, 2.05) is 19.1 Å². The molecule has 2 aromatic carbocycles. The molecule has 0 unspecified atom stereocenters. The van der Waals surface area contributed by atoms with Gasteiger partial charge in [0.05, 0.1) is 5.69 Å². The van der Waals surface area contributed by atoms with Crippen LogP contribution in [-0.4, -0.2) is 32.6 Å². The number of hydrogen-bond donors (Lipinski definition) is 2. The number of carboxylic acid groups (broad SMARTS) is 1. The summed E-state index contributed by atoms with van der Waals surface area (Å²) in [5, 5.41) is 12.7. The SMILES string of the molecule is Cc1ccccc1N1C(=O)/C(=C/c2ccc3c(ccn3[C@@H](C)C(=O)O)c2)C(=O)NC1=S. The van der Waals surface area contributed by atoms with E-state index in [0.717, 1.165) is 16.5 Å². The van der Waals surface area contributed by atoms with Crippen LogP contribution in [0.3, 0.4) is 0 Å². The first-order valence-electron chi connectivity index (χ1n) is 9.58. The van der Waals surface area contributed by atoms with Gasteiger partial charge < -0.3 is 9.67 Å². The Kier molecular flexibility index (Phi) is 5.16. The zero-order valence-corrected chi connectivity index (χ0v) is 17.6. The second-order valence-corrected chi connectivity index (χ2v) is 7.69. The maximum atomic E-state index is 13.2. The first-order valence-corrected chi connectivity index (χ1v) is 9.99. The summed E-state index contributed by atoms with van der Waals surface area (Å²) in [6, 6.07) is 13.7. The number of rotatable bonds is 4. The fourth-order valence-corrected chi connectivity index (χ4v) is 3.86. The number of carboxylic acids is 1. The van der Waals surface area contributed by atoms with Crippen LogP contribution in [0.15, 0.2) is 60.3 Å². The van der Waals surface area contributed by atoms with E-state index in [-0.39, 0.29) is 10.7 Å². The number of thiocarbonyl (C=S) groups is 1. The van der Waals surface area contributed by atoms with Crippen molar-refractivity contribution >= 4 is 57.8 Å². The molecule has 2 heterocycles. The largest absolute Gasteiger partial charge is 0.480 e. The summed E-state index contributed by atoms with van der Waals surface area (Å²) < 4.78 is 1.66. The topological polar surface area (TPSA) is 91.6 Å². The molecule has 4 rings (SSSR count). The smallest absolute Gasteiger partial charge is 0.326 e. The van der Waals surface area contributed by atoms with Crippen molar-refractivity contribution in [3.63, 3.8) is 0 Å². The van der Waals surface area contributed by atoms with E-state index in [2.05, 4.69) is 5.32 Å². The molecule has 1 saturated heterocycles. The van der Waals surface area contributed by atoms with E-state index in [1.165, 1.54) is 11.0 Å². The quantitative estimate of drug-likeness (QED) is 0.374. The fourth-order valence-electron chi connectivity index (χ4n) is 3.59. The molecule has 0 bridgehead atoms. The lowest BCUT2D eigenvalue weighted by molar-refractivity contribution is -0.140. The summed E-state index contributed by atoms with van der Waals surface area (Å²) >= 11 is 5.25. The first kappa shape index (κ1) is 20.5. The number of benzene rings is 2. The van der Waals surface area contributed by atoms with Crippen molar-refractivity contribution in [3.8, 4) is 0 Å². The third-order valence-corrected chi connectivity index (χ3v) is 5.57. The normalized spacial score (nSPS) is 16.6. The molecule has 0 saturated carbocycles. The van der Waals surface area contributed by atoms with Crippen LogP contribution in [0.5, 0.6) is 0 Å². The molecule has 2 N–H and O–H groups in total. The second kappa shape index (κ2) is 7.81. The number of anilines is 1. The van der Waals surface area contributed by atoms with Gasteiger partial charge in [0.2, 0.25) is 0 Å². The van der Waals surface area contributed by atoms with Crippen molar-refractivity contribution in [1.29, 1.82) is 0 Å². The highest BCUT2D eigenvalue weighted by Crippen LogP contribution is 2.26. The standard InChI is InChI=1S/C23H19N3O4S/c1-13-5-3-4-6-18(13)26-21(28)17(20(27)24-23(26)31)12-15-7-8-19-16(11-15)9-10-25(19)14(2)22(29)30/h3-12,14H,1-2H3,(H,29,30)(H,24,27,31)/b17-12+/t14-/m0/s1. The van der Waals surface area contributed by atoms with E-state index < -0.39 is 23.8 Å². The van der Waals surface area contributed by atoms with Crippen molar-refractivity contribution in [3.05, 3.63) is 71.4 Å². The Balaban J connectivity index is 1.73. The summed E-state index contributed by atoms with van der Waals surface area (Å²) in [4.78, 5) is 38.3. The minimum atomic E-state index is -0.930. The molecule has 0 radical (unpaired) electrons. The summed E-state index contributed by atoms with van der Waals surface area (Å²) in [6.45, 7) is 3.47. The number of nitrogens with zero attached hydrogens (tertiary/aromatic N) is 2. The van der Waals surface area contributed by atoms with Gasteiger partial charge >= 0.3 is 5.97 Å². The minimum absolute atomic E-state index is 0.0328. The Labute approximate surface area is 183 Å². The molecule has 156 valence electrons. The van der Waals surface area contributed by atoms with E-state index in [9.17, 15) is 19.5 Å². The fraction of sp³-hybridized carbons (Fsp3) is 0.130. The predicted octanol–water partition coefficient (Wildman–Crippen LogP) is 3.43. The van der Waals surface area contributed by atoms with E-state index in [4.69, 9.17) is 12.2 Å². The predicted molar refractivity (Wildman–Crippen MR) is 122 cm³/mol. The van der Waals surface area contributed by atoms with Crippen LogP contribution in [0.1, 0.15) is 24.1 Å². The highest BCUT2D eigenvalue weighted by atomic mass is 32.1. The van der Waals surface area contributed by atoms with Crippen molar-refractivity contribution in [2.24, 2.45) is 0 Å². The number of carbonyl (C=O) groups is 3. The van der Waals surface area contributed by atoms with Crippen molar-refractivity contribution < 1.29 is 19.5 Å². The van der Waals surface area contributed by atoms with Gasteiger partial charge in [-0.1, -0.05) is 24.3 Å². The average molecular weight is 433 g/mol. The van der Waals surface area contributed by atoms with Gasteiger partial charge in [-0.05, 0) is 67.5 Å². The van der Waals surface area contributed by atoms with Crippen LogP contribution < -0.4 is 10.2 Å². The van der Waals surface area contributed by atoms with Gasteiger partial charge in [-0.3, -0.25) is 19.8 Å². The molecule has 1 aliphatic rings.